The largest absolute Gasteiger partial charge is 0.380 e. The molecule has 138 valence electrons. The molecule has 6 heteroatoms. The maximum Gasteiger partial charge on any atom is 0.277 e. The highest BCUT2D eigenvalue weighted by Gasteiger charge is 2.27. The number of nitrogens with one attached hydrogen (secondary N) is 1. The number of rotatable bonds is 3. The van der Waals surface area contributed by atoms with Crippen molar-refractivity contribution in [3.63, 3.8) is 0 Å². The first-order valence-corrected chi connectivity index (χ1v) is 10.5. The number of benzene rings is 2. The summed E-state index contributed by atoms with van der Waals surface area (Å²) in [5, 5.41) is 6.80. The summed E-state index contributed by atoms with van der Waals surface area (Å²) in [5.74, 6) is 0.619. The zero-order valence-corrected chi connectivity index (χ0v) is 17.0. The third-order valence-corrected chi connectivity index (χ3v) is 6.96. The lowest BCUT2D eigenvalue weighted by atomic mass is 10.2. The van der Waals surface area contributed by atoms with Crippen LogP contribution in [0.3, 0.4) is 0 Å². The molecule has 4 aromatic rings. The number of amidine groups is 1. The molecule has 0 saturated heterocycles. The number of carbonyl (C=O) groups is 1. The zero-order valence-electron chi connectivity index (χ0n) is 15.4. The van der Waals surface area contributed by atoms with Crippen LogP contribution in [-0.2, 0) is 4.79 Å². The molecule has 28 heavy (non-hydrogen) atoms. The van der Waals surface area contributed by atoms with Crippen molar-refractivity contribution in [3.05, 3.63) is 70.7 Å². The number of amides is 1. The molecule has 3 heterocycles. The Morgan fingerprint density at radius 1 is 1.00 bits per heavy atom. The van der Waals surface area contributed by atoms with Gasteiger partial charge in [-0.25, -0.2) is 4.99 Å². The summed E-state index contributed by atoms with van der Waals surface area (Å²) in [7, 11) is 3.71. The van der Waals surface area contributed by atoms with Crippen LogP contribution in [0.4, 0.5) is 5.00 Å². The van der Waals surface area contributed by atoms with E-state index in [1.807, 2.05) is 43.5 Å². The van der Waals surface area contributed by atoms with Crippen LogP contribution >= 0.6 is 22.7 Å². The molecule has 0 atom stereocenters. The van der Waals surface area contributed by atoms with Crippen LogP contribution in [0.1, 0.15) is 10.4 Å². The van der Waals surface area contributed by atoms with Crippen LogP contribution in [0.15, 0.2) is 65.3 Å². The lowest BCUT2D eigenvalue weighted by molar-refractivity contribution is -0.121. The summed E-state index contributed by atoms with van der Waals surface area (Å²) in [5.41, 5.74) is 1.42. The van der Waals surface area contributed by atoms with Crippen LogP contribution in [0.2, 0.25) is 0 Å². The van der Waals surface area contributed by atoms with Gasteiger partial charge in [0.05, 0.1) is 5.00 Å². The summed E-state index contributed by atoms with van der Waals surface area (Å²) < 4.78 is 2.48. The minimum absolute atomic E-state index is 0.0732. The number of thiophene rings is 2. The summed E-state index contributed by atoms with van der Waals surface area (Å²) in [6.07, 6.45) is 1.90. The van der Waals surface area contributed by atoms with Crippen LogP contribution < -0.4 is 5.32 Å². The van der Waals surface area contributed by atoms with Crippen molar-refractivity contribution in [2.24, 2.45) is 4.99 Å². The van der Waals surface area contributed by atoms with Gasteiger partial charge in [0, 0.05) is 33.9 Å². The molecule has 1 aliphatic rings. The van der Waals surface area contributed by atoms with E-state index in [-0.39, 0.29) is 5.91 Å². The maximum atomic E-state index is 12.7. The average molecular weight is 404 g/mol. The lowest BCUT2D eigenvalue weighted by Gasteiger charge is -2.10. The topological polar surface area (TPSA) is 44.7 Å². The quantitative estimate of drug-likeness (QED) is 0.464. The monoisotopic (exact) mass is 403 g/mol. The highest BCUT2D eigenvalue weighted by Crippen LogP contribution is 2.37. The van der Waals surface area contributed by atoms with Gasteiger partial charge in [-0.2, -0.15) is 0 Å². The molecule has 0 spiro atoms. The van der Waals surface area contributed by atoms with Gasteiger partial charge >= 0.3 is 0 Å². The van der Waals surface area contributed by atoms with Crippen molar-refractivity contribution in [3.8, 4) is 0 Å². The number of anilines is 1. The van der Waals surface area contributed by atoms with Gasteiger partial charge in [-0.3, -0.25) is 9.69 Å². The Morgan fingerprint density at radius 2 is 1.75 bits per heavy atom. The van der Waals surface area contributed by atoms with E-state index < -0.39 is 0 Å². The van der Waals surface area contributed by atoms with Crippen molar-refractivity contribution in [1.29, 1.82) is 0 Å². The van der Waals surface area contributed by atoms with Crippen molar-refractivity contribution >= 4 is 65.7 Å². The molecule has 2 aromatic heterocycles. The molecule has 0 radical (unpaired) electrons. The number of hydrogen-bond donors (Lipinski definition) is 1. The predicted molar refractivity (Wildman–Crippen MR) is 120 cm³/mol. The smallest absolute Gasteiger partial charge is 0.277 e. The van der Waals surface area contributed by atoms with Crippen LogP contribution in [-0.4, -0.2) is 30.7 Å². The van der Waals surface area contributed by atoms with E-state index in [4.69, 9.17) is 0 Å². The number of likely N-dealkylation sites (N-methyl/N-ethyl adjacent to an activating group) is 1. The van der Waals surface area contributed by atoms with Gasteiger partial charge in [0.25, 0.3) is 5.91 Å². The summed E-state index contributed by atoms with van der Waals surface area (Å²) in [6.45, 7) is 0. The molecule has 0 bridgehead atoms. The second-order valence-corrected chi connectivity index (χ2v) is 8.83. The highest BCUT2D eigenvalue weighted by molar-refractivity contribution is 7.24. The van der Waals surface area contributed by atoms with E-state index in [1.54, 1.807) is 34.6 Å². The fourth-order valence-corrected chi connectivity index (χ4v) is 5.40. The number of aliphatic imine (C=N–C) groups is 1. The minimum Gasteiger partial charge on any atom is -0.380 e. The molecule has 2 aromatic carbocycles. The molecular formula is C22H17N3OS2. The van der Waals surface area contributed by atoms with Crippen molar-refractivity contribution in [2.45, 2.75) is 0 Å². The zero-order chi connectivity index (χ0) is 19.3. The van der Waals surface area contributed by atoms with Gasteiger partial charge in [-0.15, -0.1) is 22.7 Å². The SMILES string of the molecule is CNc1cc2cc3cc(/C=C4/N=C(c5ccccc5)N(C)C4=O)sc3cc2s1. The van der Waals surface area contributed by atoms with E-state index in [0.29, 0.717) is 11.5 Å². The number of fused-ring (bicyclic) bond motifs is 2. The summed E-state index contributed by atoms with van der Waals surface area (Å²) >= 11 is 3.44. The standard InChI is InChI=1S/C22H17N3OS2/c1-23-20-10-15-8-14-9-16(27-18(14)12-19(15)28-20)11-17-22(26)25(2)21(24-17)13-6-4-3-5-7-13/h3-12,23H,1-2H3/b17-11+. The first-order chi connectivity index (χ1) is 13.6. The molecular weight excluding hydrogens is 386 g/mol. The fourth-order valence-electron chi connectivity index (χ4n) is 3.37. The Bertz CT molecular complexity index is 1230. The predicted octanol–water partition coefficient (Wildman–Crippen LogP) is 5.42. The molecule has 0 saturated carbocycles. The van der Waals surface area contributed by atoms with E-state index in [9.17, 15) is 4.79 Å². The van der Waals surface area contributed by atoms with Crippen LogP contribution in [0.25, 0.3) is 26.2 Å². The first-order valence-electron chi connectivity index (χ1n) is 8.91. The summed E-state index contributed by atoms with van der Waals surface area (Å²) in [6, 6.07) is 18.5. The van der Waals surface area contributed by atoms with E-state index in [2.05, 4.69) is 34.6 Å². The Labute approximate surface area is 170 Å². The lowest BCUT2D eigenvalue weighted by Crippen LogP contribution is -2.28. The number of nitrogens with zero attached hydrogens (tertiary/aromatic N) is 2. The minimum atomic E-state index is -0.0732. The van der Waals surface area contributed by atoms with Gasteiger partial charge in [-0.1, -0.05) is 30.3 Å². The van der Waals surface area contributed by atoms with Gasteiger partial charge in [0.2, 0.25) is 0 Å². The van der Waals surface area contributed by atoms with Gasteiger partial charge in [0.15, 0.2) is 0 Å². The third-order valence-electron chi connectivity index (χ3n) is 4.80. The Hall–Kier alpha value is -2.96. The molecule has 5 rings (SSSR count). The van der Waals surface area contributed by atoms with Crippen molar-refractivity contribution in [1.82, 2.24) is 4.90 Å². The molecule has 4 nitrogen and oxygen atoms in total. The summed E-state index contributed by atoms with van der Waals surface area (Å²) in [4.78, 5) is 19.9. The Morgan fingerprint density at radius 3 is 2.54 bits per heavy atom. The van der Waals surface area contributed by atoms with Crippen LogP contribution in [0.5, 0.6) is 0 Å². The number of carbonyl (C=O) groups excluding carboxylic acids is 1. The Balaban J connectivity index is 1.55. The highest BCUT2D eigenvalue weighted by atomic mass is 32.1. The first kappa shape index (κ1) is 17.2. The molecule has 1 amide bonds. The van der Waals surface area contributed by atoms with E-state index in [1.165, 1.54) is 20.2 Å². The fraction of sp³-hybridized carbons (Fsp3) is 0.0909. The van der Waals surface area contributed by atoms with Gasteiger partial charge < -0.3 is 5.32 Å². The second-order valence-electron chi connectivity index (χ2n) is 6.63. The van der Waals surface area contributed by atoms with Crippen molar-refractivity contribution < 1.29 is 4.79 Å². The van der Waals surface area contributed by atoms with Crippen LogP contribution in [0, 0.1) is 0 Å². The van der Waals surface area contributed by atoms with Gasteiger partial charge in [0.1, 0.15) is 11.5 Å². The molecule has 1 N–H and O–H groups in total. The van der Waals surface area contributed by atoms with E-state index >= 15 is 0 Å². The van der Waals surface area contributed by atoms with E-state index in [0.717, 1.165) is 15.4 Å². The average Bonchev–Trinajstić information content (AvgIpc) is 3.37. The molecule has 0 aliphatic carbocycles. The molecule has 1 aliphatic heterocycles. The third kappa shape index (κ3) is 2.82. The Kier molecular flexibility index (Phi) is 4.03. The normalized spacial score (nSPS) is 15.8. The van der Waals surface area contributed by atoms with Gasteiger partial charge in [-0.05, 0) is 41.1 Å². The second kappa shape index (κ2) is 6.58. The molecule has 0 fully saturated rings. The number of hydrogen-bond acceptors (Lipinski definition) is 5. The van der Waals surface area contributed by atoms with Crippen molar-refractivity contribution in [2.75, 3.05) is 19.4 Å². The molecule has 0 unspecified atom stereocenters. The maximum absolute atomic E-state index is 12.7.